The number of barbiturate groups is 1. The highest BCUT2D eigenvalue weighted by atomic mass is 16.3. The van der Waals surface area contributed by atoms with Gasteiger partial charge in [0.2, 0.25) is 11.8 Å². The van der Waals surface area contributed by atoms with Crippen LogP contribution in [0.2, 0.25) is 0 Å². The van der Waals surface area contributed by atoms with Gasteiger partial charge in [-0.15, -0.1) is 0 Å². The number of carbonyl (C=O) groups excluding carboxylic acids is 3. The first-order valence-corrected chi connectivity index (χ1v) is 5.33. The van der Waals surface area contributed by atoms with E-state index >= 15 is 0 Å². The smallest absolute Gasteiger partial charge is 0.277 e. The van der Waals surface area contributed by atoms with Crippen molar-refractivity contribution in [2.45, 2.75) is 18.8 Å². The summed E-state index contributed by atoms with van der Waals surface area (Å²) in [4.78, 5) is 35.0. The number of urea groups is 1. The average molecular weight is 235 g/mol. The Labute approximate surface area is 98.2 Å². The lowest BCUT2D eigenvalue weighted by Gasteiger charge is -2.33. The fraction of sp³-hybridized carbons (Fsp3) is 0.250. The van der Waals surface area contributed by atoms with Crippen LogP contribution < -0.4 is 10.6 Å². The van der Waals surface area contributed by atoms with E-state index in [0.29, 0.717) is 12.0 Å². The zero-order chi connectivity index (χ0) is 12.5. The van der Waals surface area contributed by atoms with Gasteiger partial charge in [-0.2, -0.15) is 0 Å². The van der Waals surface area contributed by atoms with Gasteiger partial charge in [-0.05, 0) is 12.0 Å². The third kappa shape index (κ3) is 1.60. The lowest BCUT2D eigenvalue weighted by Crippen LogP contribution is -2.64. The van der Waals surface area contributed by atoms with Crippen LogP contribution in [-0.4, -0.2) is 17.8 Å². The number of rotatable bonds is 2. The molecule has 1 aromatic rings. The molecule has 0 aromatic heterocycles. The minimum atomic E-state index is -1.31. The third-order valence-corrected chi connectivity index (χ3v) is 3.03. The van der Waals surface area contributed by atoms with Crippen molar-refractivity contribution in [3.05, 3.63) is 35.9 Å². The van der Waals surface area contributed by atoms with Crippen molar-refractivity contribution in [3.8, 4) is 0 Å². The number of carbonyl (C=O) groups is 3. The van der Waals surface area contributed by atoms with Gasteiger partial charge in [0.05, 0.1) is 0 Å². The molecule has 1 aliphatic heterocycles. The van der Waals surface area contributed by atoms with Crippen LogP contribution in [0, 0.1) is 0 Å². The van der Waals surface area contributed by atoms with E-state index in [4.69, 9.17) is 0 Å². The summed E-state index contributed by atoms with van der Waals surface area (Å²) in [6, 6.07) is 7.96. The summed E-state index contributed by atoms with van der Waals surface area (Å²) in [5.74, 6) is -1.14. The molecular formula is C12H12N2O3. The summed E-state index contributed by atoms with van der Waals surface area (Å²) >= 11 is 0. The summed E-state index contributed by atoms with van der Waals surface area (Å²) in [5.41, 5.74) is -0.722. The SMILES string of the molecule is CC[13C]1(c2ccccc2)C(=O)N[13C](=O)N[13C]1=O. The molecule has 2 rings (SSSR count). The van der Waals surface area contributed by atoms with E-state index in [1.54, 1.807) is 37.3 Å². The first kappa shape index (κ1) is 11.3. The van der Waals surface area contributed by atoms with E-state index in [2.05, 4.69) is 10.6 Å². The van der Waals surface area contributed by atoms with E-state index in [1.807, 2.05) is 0 Å². The van der Waals surface area contributed by atoms with Gasteiger partial charge in [0.25, 0.3) is 0 Å². The summed E-state index contributed by atoms with van der Waals surface area (Å²) < 4.78 is 0. The first-order valence-electron chi connectivity index (χ1n) is 5.33. The molecule has 0 saturated carbocycles. The van der Waals surface area contributed by atoms with Crippen molar-refractivity contribution in [3.63, 3.8) is 0 Å². The van der Waals surface area contributed by atoms with E-state index in [1.165, 1.54) is 0 Å². The Bertz CT molecular complexity index is 462. The normalized spacial score (nSPS) is 24.2. The molecule has 1 aliphatic rings. The molecule has 5 nitrogen and oxygen atoms in total. The number of imide groups is 2. The Morgan fingerprint density at radius 2 is 1.53 bits per heavy atom. The molecule has 17 heavy (non-hydrogen) atoms. The summed E-state index contributed by atoms with van der Waals surface area (Å²) in [6.45, 7) is 1.74. The van der Waals surface area contributed by atoms with Crippen LogP contribution in [0.25, 0.3) is 0 Å². The standard InChI is InChI=1S/C12H12N2O3/c1-2-12(8-6-4-3-5-7-8)9(15)13-11(17)14-10(12)16/h3-7H,2H2,1H3,(H2,13,14,15,16,17)/i9+1,11+1,12+1. The number of hydrogen-bond donors (Lipinski definition) is 2. The summed E-state index contributed by atoms with van der Waals surface area (Å²) in [7, 11) is 0. The van der Waals surface area contributed by atoms with Crippen molar-refractivity contribution in [1.29, 1.82) is 0 Å². The second kappa shape index (κ2) is 4.01. The molecule has 2 N–H and O–H groups in total. The van der Waals surface area contributed by atoms with Crippen LogP contribution >= 0.6 is 0 Å². The average Bonchev–Trinajstić information content (AvgIpc) is 2.30. The molecule has 1 atom stereocenters. The molecule has 1 fully saturated rings. The molecule has 4 amide bonds. The van der Waals surface area contributed by atoms with Gasteiger partial charge in [-0.25, -0.2) is 4.79 Å². The van der Waals surface area contributed by atoms with Gasteiger partial charge in [-0.3, -0.25) is 20.2 Å². The molecule has 5 heteroatoms. The highest BCUT2D eigenvalue weighted by molar-refractivity contribution is 6.22. The molecule has 0 radical (unpaired) electrons. The van der Waals surface area contributed by atoms with Crippen molar-refractivity contribution in [1.82, 2.24) is 10.6 Å². The lowest BCUT2D eigenvalue weighted by atomic mass is 10.1. The van der Waals surface area contributed by atoms with Crippen LogP contribution in [-0.2, 0) is 15.0 Å². The van der Waals surface area contributed by atoms with Crippen LogP contribution in [0.1, 0.15) is 18.9 Å². The number of benzene rings is 1. The van der Waals surface area contributed by atoms with Crippen LogP contribution in [0.15, 0.2) is 30.3 Å². The fourth-order valence-electron chi connectivity index (χ4n) is 2.06. The van der Waals surface area contributed by atoms with Crippen molar-refractivity contribution < 1.29 is 14.4 Å². The van der Waals surface area contributed by atoms with Gasteiger partial charge >= 0.3 is 6.03 Å². The third-order valence-electron chi connectivity index (χ3n) is 3.03. The van der Waals surface area contributed by atoms with Gasteiger partial charge in [0, 0.05) is 0 Å². The van der Waals surface area contributed by atoms with Gasteiger partial charge in [0.1, 0.15) is 0 Å². The Hall–Kier alpha value is -2.17. The van der Waals surface area contributed by atoms with Crippen molar-refractivity contribution in [2.75, 3.05) is 0 Å². The largest absolute Gasteiger partial charge is 0.328 e. The van der Waals surface area contributed by atoms with Gasteiger partial charge in [0.15, 0.2) is 5.41 Å². The topological polar surface area (TPSA) is 75.3 Å². The Kier molecular flexibility index (Phi) is 2.67. The maximum absolute atomic E-state index is 12.0. The van der Waals surface area contributed by atoms with E-state index in [-0.39, 0.29) is 0 Å². The Morgan fingerprint density at radius 3 is 2.00 bits per heavy atom. The maximum atomic E-state index is 12.0. The molecule has 0 aliphatic carbocycles. The fourth-order valence-corrected chi connectivity index (χ4v) is 2.06. The lowest BCUT2D eigenvalue weighted by molar-refractivity contribution is -0.138. The maximum Gasteiger partial charge on any atom is 0.328 e. The van der Waals surface area contributed by atoms with E-state index < -0.39 is 23.3 Å². The predicted octanol–water partition coefficient (Wildman–Crippen LogP) is 0.700. The molecule has 88 valence electrons. The number of hydrogen-bond acceptors (Lipinski definition) is 3. The summed E-state index contributed by atoms with van der Waals surface area (Å²) in [6.07, 6.45) is 0.294. The van der Waals surface area contributed by atoms with Crippen LogP contribution in [0.3, 0.4) is 0 Å². The molecule has 1 saturated heterocycles. The van der Waals surface area contributed by atoms with Crippen LogP contribution in [0.5, 0.6) is 0 Å². The minimum Gasteiger partial charge on any atom is -0.277 e. The zero-order valence-corrected chi connectivity index (χ0v) is 9.32. The molecule has 1 unspecified atom stereocenters. The molecular weight excluding hydrogens is 223 g/mol. The highest BCUT2D eigenvalue weighted by Crippen LogP contribution is 2.30. The molecule has 0 spiro atoms. The van der Waals surface area contributed by atoms with Crippen molar-refractivity contribution >= 4 is 17.8 Å². The number of nitrogens with one attached hydrogen (secondary N) is 2. The second-order valence-corrected chi connectivity index (χ2v) is 3.86. The van der Waals surface area contributed by atoms with E-state index in [9.17, 15) is 14.4 Å². The minimum absolute atomic E-state index is 0.294. The highest BCUT2D eigenvalue weighted by Gasteiger charge is 2.50. The Balaban J connectivity index is 2.54. The summed E-state index contributed by atoms with van der Waals surface area (Å²) in [5, 5.41) is 4.28. The number of amides is 4. The first-order chi connectivity index (χ1) is 8.11. The molecule has 0 bridgehead atoms. The monoisotopic (exact) mass is 235 g/mol. The predicted molar refractivity (Wildman–Crippen MR) is 60.1 cm³/mol. The van der Waals surface area contributed by atoms with Gasteiger partial charge in [-0.1, -0.05) is 37.3 Å². The van der Waals surface area contributed by atoms with E-state index in [0.717, 1.165) is 0 Å². The quantitative estimate of drug-likeness (QED) is 0.585. The van der Waals surface area contributed by atoms with Crippen molar-refractivity contribution in [2.24, 2.45) is 0 Å². The zero-order valence-electron chi connectivity index (χ0n) is 9.32. The molecule has 1 aromatic carbocycles. The Morgan fingerprint density at radius 1 is 1.00 bits per heavy atom. The second-order valence-electron chi connectivity index (χ2n) is 3.86. The molecule has 1 heterocycles. The van der Waals surface area contributed by atoms with Gasteiger partial charge < -0.3 is 0 Å². The van der Waals surface area contributed by atoms with Crippen LogP contribution in [0.4, 0.5) is 4.79 Å².